The summed E-state index contributed by atoms with van der Waals surface area (Å²) in [6, 6.07) is 1.16. The van der Waals surface area contributed by atoms with E-state index in [4.69, 9.17) is 5.14 Å². The van der Waals surface area contributed by atoms with Crippen molar-refractivity contribution in [1.82, 2.24) is 9.88 Å². The van der Waals surface area contributed by atoms with E-state index in [9.17, 15) is 21.6 Å². The monoisotopic (exact) mass is 335 g/mol. The molecule has 1 amide bonds. The first-order valence-corrected chi connectivity index (χ1v) is 9.56. The molecule has 21 heavy (non-hydrogen) atoms. The Hall–Kier alpha value is -1.39. The van der Waals surface area contributed by atoms with Gasteiger partial charge in [0.15, 0.2) is 9.84 Å². The highest BCUT2D eigenvalue weighted by molar-refractivity contribution is 7.92. The highest BCUT2D eigenvalue weighted by atomic mass is 32.2. The van der Waals surface area contributed by atoms with Crippen molar-refractivity contribution in [3.8, 4) is 0 Å². The van der Waals surface area contributed by atoms with Crippen LogP contribution in [0.1, 0.15) is 23.3 Å². The summed E-state index contributed by atoms with van der Waals surface area (Å²) in [6.45, 7) is 0.0249. The van der Waals surface area contributed by atoms with Gasteiger partial charge in [-0.05, 0) is 18.9 Å². The van der Waals surface area contributed by atoms with Crippen LogP contribution in [0.4, 0.5) is 0 Å². The predicted molar refractivity (Wildman–Crippen MR) is 75.9 cm³/mol. The SMILES string of the molecule is Cn1cc(S(N)(=O)=O)cc1C(=O)NCC1CCCS1(=O)=O. The molecule has 1 aliphatic heterocycles. The number of sulfone groups is 1. The molecule has 1 aromatic heterocycles. The lowest BCUT2D eigenvalue weighted by atomic mass is 10.2. The van der Waals surface area contributed by atoms with Gasteiger partial charge < -0.3 is 9.88 Å². The summed E-state index contributed by atoms with van der Waals surface area (Å²) in [7, 11) is -5.50. The quantitative estimate of drug-likeness (QED) is 0.728. The third-order valence-electron chi connectivity index (χ3n) is 3.49. The number of nitrogens with two attached hydrogens (primary N) is 1. The molecule has 1 atom stereocenters. The van der Waals surface area contributed by atoms with Crippen LogP contribution in [-0.2, 0) is 26.9 Å². The van der Waals surface area contributed by atoms with Gasteiger partial charge in [-0.15, -0.1) is 0 Å². The maximum Gasteiger partial charge on any atom is 0.267 e. The van der Waals surface area contributed by atoms with Crippen LogP contribution in [0.3, 0.4) is 0 Å². The largest absolute Gasteiger partial charge is 0.349 e. The van der Waals surface area contributed by atoms with Crippen molar-refractivity contribution in [3.63, 3.8) is 0 Å². The molecule has 1 aromatic rings. The Kier molecular flexibility index (Phi) is 4.13. The first-order chi connectivity index (χ1) is 9.61. The van der Waals surface area contributed by atoms with Crippen molar-refractivity contribution in [3.05, 3.63) is 18.0 Å². The molecule has 0 saturated carbocycles. The number of hydrogen-bond acceptors (Lipinski definition) is 5. The summed E-state index contributed by atoms with van der Waals surface area (Å²) >= 11 is 0. The van der Waals surface area contributed by atoms with Crippen LogP contribution >= 0.6 is 0 Å². The van der Waals surface area contributed by atoms with Crippen LogP contribution in [0.25, 0.3) is 0 Å². The number of nitrogens with zero attached hydrogens (tertiary/aromatic N) is 1. The molecule has 1 fully saturated rings. The van der Waals surface area contributed by atoms with Crippen LogP contribution in [0.2, 0.25) is 0 Å². The second-order valence-corrected chi connectivity index (χ2v) is 9.02. The number of carbonyl (C=O) groups excluding carboxylic acids is 1. The number of aryl methyl sites for hydroxylation is 1. The molecular weight excluding hydrogens is 318 g/mol. The zero-order chi connectivity index (χ0) is 15.8. The van der Waals surface area contributed by atoms with Gasteiger partial charge in [0.25, 0.3) is 5.91 Å². The smallest absolute Gasteiger partial charge is 0.267 e. The van der Waals surface area contributed by atoms with Crippen LogP contribution in [0, 0.1) is 0 Å². The van der Waals surface area contributed by atoms with Crippen LogP contribution in [-0.4, -0.2) is 44.9 Å². The van der Waals surface area contributed by atoms with Gasteiger partial charge in [0.1, 0.15) is 10.6 Å². The van der Waals surface area contributed by atoms with Crippen LogP contribution in [0.5, 0.6) is 0 Å². The van der Waals surface area contributed by atoms with E-state index >= 15 is 0 Å². The lowest BCUT2D eigenvalue weighted by Gasteiger charge is -2.11. The number of sulfonamides is 1. The zero-order valence-corrected chi connectivity index (χ0v) is 13.1. The average Bonchev–Trinajstić information content (AvgIpc) is 2.88. The number of nitrogens with one attached hydrogen (secondary N) is 1. The van der Waals surface area contributed by atoms with Crippen molar-refractivity contribution in [2.24, 2.45) is 12.2 Å². The second-order valence-electron chi connectivity index (χ2n) is 5.06. The van der Waals surface area contributed by atoms with Crippen molar-refractivity contribution in [1.29, 1.82) is 0 Å². The molecule has 0 spiro atoms. The first kappa shape index (κ1) is 16.0. The number of carbonyl (C=O) groups is 1. The van der Waals surface area contributed by atoms with Gasteiger partial charge in [-0.3, -0.25) is 4.79 Å². The molecule has 0 radical (unpaired) electrons. The lowest BCUT2D eigenvalue weighted by molar-refractivity contribution is 0.0945. The zero-order valence-electron chi connectivity index (χ0n) is 11.4. The fourth-order valence-electron chi connectivity index (χ4n) is 2.30. The highest BCUT2D eigenvalue weighted by Gasteiger charge is 2.31. The molecule has 1 saturated heterocycles. The average molecular weight is 335 g/mol. The van der Waals surface area contributed by atoms with Gasteiger partial charge in [-0.25, -0.2) is 22.0 Å². The Balaban J connectivity index is 2.09. The fraction of sp³-hybridized carbons (Fsp3) is 0.545. The second kappa shape index (κ2) is 5.43. The number of amides is 1. The molecule has 3 N–H and O–H groups in total. The van der Waals surface area contributed by atoms with Crippen LogP contribution in [0.15, 0.2) is 17.2 Å². The minimum atomic E-state index is -3.88. The molecule has 8 nitrogen and oxygen atoms in total. The highest BCUT2D eigenvalue weighted by Crippen LogP contribution is 2.19. The molecule has 1 unspecified atom stereocenters. The van der Waals surface area contributed by atoms with Crippen LogP contribution < -0.4 is 10.5 Å². The summed E-state index contributed by atoms with van der Waals surface area (Å²) in [5, 5.41) is 6.95. The maximum atomic E-state index is 12.0. The van der Waals surface area contributed by atoms with E-state index in [2.05, 4.69) is 5.32 Å². The lowest BCUT2D eigenvalue weighted by Crippen LogP contribution is -2.35. The van der Waals surface area contributed by atoms with Crippen molar-refractivity contribution < 1.29 is 21.6 Å². The van der Waals surface area contributed by atoms with E-state index in [1.807, 2.05) is 0 Å². The summed E-state index contributed by atoms with van der Waals surface area (Å²) in [4.78, 5) is 11.8. The molecule has 0 bridgehead atoms. The molecular formula is C11H17N3O5S2. The van der Waals surface area contributed by atoms with Gasteiger partial charge in [-0.1, -0.05) is 0 Å². The molecule has 0 aromatic carbocycles. The summed E-state index contributed by atoms with van der Waals surface area (Å²) < 4.78 is 47.1. The predicted octanol–water partition coefficient (Wildman–Crippen LogP) is -1.02. The third kappa shape index (κ3) is 3.44. The normalized spacial score (nSPS) is 21.3. The number of hydrogen-bond donors (Lipinski definition) is 2. The Morgan fingerprint density at radius 2 is 2.19 bits per heavy atom. The summed E-state index contributed by atoms with van der Waals surface area (Å²) in [6.07, 6.45) is 2.36. The Morgan fingerprint density at radius 1 is 1.52 bits per heavy atom. The number of rotatable bonds is 4. The third-order valence-corrected chi connectivity index (χ3v) is 6.65. The number of primary sulfonamides is 1. The van der Waals surface area contributed by atoms with E-state index < -0.39 is 31.0 Å². The van der Waals surface area contributed by atoms with Crippen molar-refractivity contribution in [2.45, 2.75) is 23.0 Å². The molecule has 0 aliphatic carbocycles. The van der Waals surface area contributed by atoms with Crippen molar-refractivity contribution >= 4 is 25.8 Å². The standard InChI is InChI=1S/C11H17N3O5S2/c1-14-7-9(21(12,18)19)5-10(14)11(15)13-6-8-3-2-4-20(8,16)17/h5,7-8H,2-4,6H2,1H3,(H,13,15)(H2,12,18,19). The Morgan fingerprint density at radius 3 is 2.67 bits per heavy atom. The summed E-state index contributed by atoms with van der Waals surface area (Å²) in [5.74, 6) is -0.387. The van der Waals surface area contributed by atoms with Crippen molar-refractivity contribution in [2.75, 3.05) is 12.3 Å². The van der Waals surface area contributed by atoms with Gasteiger partial charge in [0.2, 0.25) is 10.0 Å². The molecule has 10 heteroatoms. The molecule has 2 rings (SSSR count). The molecule has 2 heterocycles. The van der Waals surface area contributed by atoms with E-state index in [1.54, 1.807) is 0 Å². The van der Waals surface area contributed by atoms with E-state index in [0.717, 1.165) is 6.07 Å². The topological polar surface area (TPSA) is 128 Å². The maximum absolute atomic E-state index is 12.0. The molecule has 118 valence electrons. The van der Waals surface area contributed by atoms with E-state index in [-0.39, 0.29) is 22.9 Å². The first-order valence-electron chi connectivity index (χ1n) is 6.30. The van der Waals surface area contributed by atoms with Gasteiger partial charge in [-0.2, -0.15) is 0 Å². The molecule has 1 aliphatic rings. The minimum Gasteiger partial charge on any atom is -0.349 e. The van der Waals surface area contributed by atoms with Gasteiger partial charge >= 0.3 is 0 Å². The number of aromatic nitrogens is 1. The summed E-state index contributed by atoms with van der Waals surface area (Å²) in [5.41, 5.74) is 0.106. The fourth-order valence-corrected chi connectivity index (χ4v) is 4.65. The van der Waals surface area contributed by atoms with Gasteiger partial charge in [0.05, 0.1) is 11.0 Å². The Labute approximate surface area is 123 Å². The van der Waals surface area contributed by atoms with E-state index in [1.165, 1.54) is 17.8 Å². The van der Waals surface area contributed by atoms with Gasteiger partial charge in [0, 0.05) is 19.8 Å². The Bertz CT molecular complexity index is 764. The minimum absolute atomic E-state index is 0.0249. The van der Waals surface area contributed by atoms with E-state index in [0.29, 0.717) is 12.8 Å².